The Morgan fingerprint density at radius 3 is 2.78 bits per heavy atom. The van der Waals surface area contributed by atoms with Gasteiger partial charge in [-0.15, -0.1) is 0 Å². The van der Waals surface area contributed by atoms with Gasteiger partial charge in [0, 0.05) is 41.5 Å². The van der Waals surface area contributed by atoms with E-state index in [1.165, 1.54) is 0 Å². The van der Waals surface area contributed by atoms with Gasteiger partial charge in [-0.25, -0.2) is 0 Å². The van der Waals surface area contributed by atoms with Crippen LogP contribution in [0.3, 0.4) is 0 Å². The van der Waals surface area contributed by atoms with Crippen molar-refractivity contribution >= 4 is 10.8 Å². The molecule has 1 N–H and O–H groups in total. The summed E-state index contributed by atoms with van der Waals surface area (Å²) < 4.78 is 21.8. The standard InChI is InChI=1S/C13H21NO3S/c1-4-17-12-7-5-6-11(13(12)16-2)10-14-8-9-18(3)15/h5-7,14H,4,8-10H2,1-3H3. The second kappa shape index (κ2) is 8.11. The maximum Gasteiger partial charge on any atom is 0.165 e. The summed E-state index contributed by atoms with van der Waals surface area (Å²) in [6, 6.07) is 5.84. The summed E-state index contributed by atoms with van der Waals surface area (Å²) in [5.74, 6) is 2.19. The summed E-state index contributed by atoms with van der Waals surface area (Å²) in [6.07, 6.45) is 1.71. The van der Waals surface area contributed by atoms with Crippen molar-refractivity contribution in [3.63, 3.8) is 0 Å². The van der Waals surface area contributed by atoms with Gasteiger partial charge in [-0.2, -0.15) is 0 Å². The average molecular weight is 271 g/mol. The maximum atomic E-state index is 10.9. The first kappa shape index (κ1) is 15.0. The van der Waals surface area contributed by atoms with E-state index < -0.39 is 10.8 Å². The normalized spacial score (nSPS) is 12.2. The lowest BCUT2D eigenvalue weighted by molar-refractivity contribution is 0.308. The fourth-order valence-electron chi connectivity index (χ4n) is 1.64. The summed E-state index contributed by atoms with van der Waals surface area (Å²) in [4.78, 5) is 0. The summed E-state index contributed by atoms with van der Waals surface area (Å²) in [5.41, 5.74) is 1.05. The molecule has 5 heteroatoms. The van der Waals surface area contributed by atoms with Crippen molar-refractivity contribution in [3.05, 3.63) is 23.8 Å². The number of benzene rings is 1. The molecule has 1 aromatic carbocycles. The van der Waals surface area contributed by atoms with E-state index >= 15 is 0 Å². The van der Waals surface area contributed by atoms with Gasteiger partial charge in [0.1, 0.15) is 0 Å². The van der Waals surface area contributed by atoms with Crippen molar-refractivity contribution in [1.82, 2.24) is 5.32 Å². The molecule has 0 radical (unpaired) electrons. The van der Waals surface area contributed by atoms with E-state index in [2.05, 4.69) is 5.32 Å². The quantitative estimate of drug-likeness (QED) is 0.729. The van der Waals surface area contributed by atoms with Crippen molar-refractivity contribution in [1.29, 1.82) is 0 Å². The molecule has 0 aromatic heterocycles. The van der Waals surface area contributed by atoms with Crippen LogP contribution in [-0.2, 0) is 17.3 Å². The number of hydrogen-bond donors (Lipinski definition) is 1. The number of ether oxygens (including phenoxy) is 2. The first-order chi connectivity index (χ1) is 8.69. The van der Waals surface area contributed by atoms with Crippen LogP contribution in [0.1, 0.15) is 12.5 Å². The number of para-hydroxylation sites is 1. The first-order valence-electron chi connectivity index (χ1n) is 5.98. The minimum absolute atomic E-state index is 0.613. The molecule has 0 saturated heterocycles. The third-order valence-corrected chi connectivity index (χ3v) is 3.23. The van der Waals surface area contributed by atoms with Crippen molar-refractivity contribution < 1.29 is 13.7 Å². The number of methoxy groups -OCH3 is 1. The number of rotatable bonds is 8. The summed E-state index contributed by atoms with van der Waals surface area (Å²) in [7, 11) is 0.885. The molecule has 0 bridgehead atoms. The molecule has 102 valence electrons. The van der Waals surface area contributed by atoms with E-state index in [4.69, 9.17) is 9.47 Å². The van der Waals surface area contributed by atoms with Gasteiger partial charge < -0.3 is 14.8 Å². The predicted molar refractivity (Wildman–Crippen MR) is 74.8 cm³/mol. The molecule has 1 rings (SSSR count). The lowest BCUT2D eigenvalue weighted by atomic mass is 10.2. The zero-order chi connectivity index (χ0) is 13.4. The van der Waals surface area contributed by atoms with Crippen LogP contribution in [0.5, 0.6) is 11.5 Å². The molecule has 1 atom stereocenters. The van der Waals surface area contributed by atoms with Gasteiger partial charge in [0.05, 0.1) is 13.7 Å². The Morgan fingerprint density at radius 2 is 2.17 bits per heavy atom. The van der Waals surface area contributed by atoms with E-state index in [1.54, 1.807) is 13.4 Å². The highest BCUT2D eigenvalue weighted by Crippen LogP contribution is 2.30. The van der Waals surface area contributed by atoms with Crippen LogP contribution in [0.25, 0.3) is 0 Å². The van der Waals surface area contributed by atoms with Crippen molar-refractivity contribution in [3.8, 4) is 11.5 Å². The van der Waals surface area contributed by atoms with E-state index in [0.29, 0.717) is 18.9 Å². The smallest absolute Gasteiger partial charge is 0.165 e. The molecule has 0 spiro atoms. The molecule has 0 aliphatic rings. The molecule has 0 aliphatic heterocycles. The fourth-order valence-corrected chi connectivity index (χ4v) is 2.07. The molecule has 1 aromatic rings. The predicted octanol–water partition coefficient (Wildman–Crippen LogP) is 1.56. The van der Waals surface area contributed by atoms with Crippen molar-refractivity contribution in [2.75, 3.05) is 32.3 Å². The molecule has 18 heavy (non-hydrogen) atoms. The Bertz CT molecular complexity index is 396. The van der Waals surface area contributed by atoms with Crippen LogP contribution >= 0.6 is 0 Å². The van der Waals surface area contributed by atoms with E-state index in [-0.39, 0.29) is 0 Å². The van der Waals surface area contributed by atoms with Crippen LogP contribution < -0.4 is 14.8 Å². The lowest BCUT2D eigenvalue weighted by Crippen LogP contribution is -2.20. The topological polar surface area (TPSA) is 47.6 Å². The Kier molecular flexibility index (Phi) is 6.75. The first-order valence-corrected chi connectivity index (χ1v) is 7.71. The third kappa shape index (κ3) is 4.66. The second-order valence-corrected chi connectivity index (χ2v) is 5.39. The van der Waals surface area contributed by atoms with Gasteiger partial charge in [-0.1, -0.05) is 12.1 Å². The SMILES string of the molecule is CCOc1cccc(CNCCS(C)=O)c1OC. The van der Waals surface area contributed by atoms with E-state index in [1.807, 2.05) is 25.1 Å². The van der Waals surface area contributed by atoms with Gasteiger partial charge in [-0.3, -0.25) is 4.21 Å². The fraction of sp³-hybridized carbons (Fsp3) is 0.538. The molecule has 0 fully saturated rings. The molecule has 0 saturated carbocycles. The van der Waals surface area contributed by atoms with Crippen LogP contribution in [-0.4, -0.2) is 36.5 Å². The molecular formula is C13H21NO3S. The van der Waals surface area contributed by atoms with Crippen molar-refractivity contribution in [2.24, 2.45) is 0 Å². The molecular weight excluding hydrogens is 250 g/mol. The van der Waals surface area contributed by atoms with Crippen LogP contribution in [0.2, 0.25) is 0 Å². The van der Waals surface area contributed by atoms with Gasteiger partial charge >= 0.3 is 0 Å². The number of nitrogens with one attached hydrogen (secondary N) is 1. The Hall–Kier alpha value is -1.07. The molecule has 0 heterocycles. The Morgan fingerprint density at radius 1 is 1.39 bits per heavy atom. The maximum absolute atomic E-state index is 10.9. The van der Waals surface area contributed by atoms with E-state index in [0.717, 1.165) is 23.6 Å². The molecule has 4 nitrogen and oxygen atoms in total. The highest BCUT2D eigenvalue weighted by Gasteiger charge is 2.09. The molecule has 0 aliphatic carbocycles. The summed E-state index contributed by atoms with van der Waals surface area (Å²) in [5, 5.41) is 3.25. The zero-order valence-corrected chi connectivity index (χ0v) is 12.0. The van der Waals surface area contributed by atoms with Crippen LogP contribution in [0, 0.1) is 0 Å². The average Bonchev–Trinajstić information content (AvgIpc) is 2.35. The second-order valence-electron chi connectivity index (χ2n) is 3.84. The Labute approximate surface area is 111 Å². The largest absolute Gasteiger partial charge is 0.493 e. The lowest BCUT2D eigenvalue weighted by Gasteiger charge is -2.14. The summed E-state index contributed by atoms with van der Waals surface area (Å²) >= 11 is 0. The van der Waals surface area contributed by atoms with Gasteiger partial charge in [0.25, 0.3) is 0 Å². The van der Waals surface area contributed by atoms with Crippen LogP contribution in [0.4, 0.5) is 0 Å². The minimum Gasteiger partial charge on any atom is -0.493 e. The Balaban J connectivity index is 2.63. The zero-order valence-electron chi connectivity index (χ0n) is 11.2. The summed E-state index contributed by atoms with van der Waals surface area (Å²) in [6.45, 7) is 3.97. The van der Waals surface area contributed by atoms with E-state index in [9.17, 15) is 4.21 Å². The number of hydrogen-bond acceptors (Lipinski definition) is 4. The third-order valence-electron chi connectivity index (χ3n) is 2.45. The highest BCUT2D eigenvalue weighted by atomic mass is 32.2. The molecule has 0 amide bonds. The van der Waals surface area contributed by atoms with Gasteiger partial charge in [0.2, 0.25) is 0 Å². The highest BCUT2D eigenvalue weighted by molar-refractivity contribution is 7.84. The van der Waals surface area contributed by atoms with Gasteiger partial charge in [0.15, 0.2) is 11.5 Å². The molecule has 1 unspecified atom stereocenters. The van der Waals surface area contributed by atoms with Crippen molar-refractivity contribution in [2.45, 2.75) is 13.5 Å². The van der Waals surface area contributed by atoms with Gasteiger partial charge in [-0.05, 0) is 13.0 Å². The minimum atomic E-state index is -0.756. The monoisotopic (exact) mass is 271 g/mol. The van der Waals surface area contributed by atoms with Crippen LogP contribution in [0.15, 0.2) is 18.2 Å².